The summed E-state index contributed by atoms with van der Waals surface area (Å²) in [6.45, 7) is 7.90. The van der Waals surface area contributed by atoms with E-state index in [0.29, 0.717) is 0 Å². The maximum absolute atomic E-state index is 9.70. The summed E-state index contributed by atoms with van der Waals surface area (Å²) in [7, 11) is -3.46. The summed E-state index contributed by atoms with van der Waals surface area (Å²) in [6.07, 6.45) is 0.287. The Labute approximate surface area is 92.2 Å². The SMILES string of the molecule is CC(C)N(N[PH](O)(O)CCC#N)C(C)C. The molecule has 0 aliphatic heterocycles. The summed E-state index contributed by atoms with van der Waals surface area (Å²) in [5.74, 6) is 0. The van der Waals surface area contributed by atoms with Crippen LogP contribution >= 0.6 is 7.87 Å². The Hall–Kier alpha value is -0.240. The van der Waals surface area contributed by atoms with Crippen LogP contribution in [-0.2, 0) is 0 Å². The molecule has 0 aromatic rings. The third-order valence-corrected chi connectivity index (χ3v) is 3.57. The molecule has 0 bridgehead atoms. The van der Waals surface area contributed by atoms with Crippen LogP contribution in [0, 0.1) is 11.3 Å². The number of hydrogen-bond donors (Lipinski definition) is 3. The van der Waals surface area contributed by atoms with E-state index in [-0.39, 0.29) is 24.7 Å². The fourth-order valence-corrected chi connectivity index (χ4v) is 2.85. The van der Waals surface area contributed by atoms with E-state index in [9.17, 15) is 9.79 Å². The molecule has 0 saturated heterocycles. The Morgan fingerprint density at radius 1 is 1.27 bits per heavy atom. The molecule has 0 radical (unpaired) electrons. The minimum atomic E-state index is -3.46. The number of nitrogens with one attached hydrogen (secondary N) is 1. The van der Waals surface area contributed by atoms with Gasteiger partial charge in [-0.2, -0.15) is 0 Å². The second-order valence-corrected chi connectivity index (χ2v) is 6.54. The molecule has 0 amide bonds. The second kappa shape index (κ2) is 6.37. The molecule has 0 saturated carbocycles. The predicted octanol–water partition coefficient (Wildman–Crippen LogP) is 1.00. The van der Waals surface area contributed by atoms with Crippen LogP contribution in [0.5, 0.6) is 0 Å². The monoisotopic (exact) mass is 235 g/mol. The van der Waals surface area contributed by atoms with Gasteiger partial charge in [-0.1, -0.05) is 0 Å². The van der Waals surface area contributed by atoms with Crippen molar-refractivity contribution in [2.45, 2.75) is 46.2 Å². The first-order chi connectivity index (χ1) is 6.80. The third-order valence-electron chi connectivity index (χ3n) is 2.01. The Morgan fingerprint density at radius 3 is 2.07 bits per heavy atom. The van der Waals surface area contributed by atoms with E-state index in [1.54, 1.807) is 0 Å². The van der Waals surface area contributed by atoms with Gasteiger partial charge >= 0.3 is 91.6 Å². The minimum absolute atomic E-state index is 0.124. The summed E-state index contributed by atoms with van der Waals surface area (Å²) in [4.78, 5) is 19.4. The molecule has 5 nitrogen and oxygen atoms in total. The van der Waals surface area contributed by atoms with E-state index in [1.807, 2.05) is 38.8 Å². The molecule has 6 heteroatoms. The van der Waals surface area contributed by atoms with Gasteiger partial charge < -0.3 is 0 Å². The number of hydrogen-bond acceptors (Lipinski definition) is 5. The van der Waals surface area contributed by atoms with Crippen molar-refractivity contribution < 1.29 is 9.79 Å². The first-order valence-electron chi connectivity index (χ1n) is 5.18. The molecular formula is C9H22N3O2P. The quantitative estimate of drug-likeness (QED) is 0.473. The first kappa shape index (κ1) is 14.8. The van der Waals surface area contributed by atoms with Crippen LogP contribution in [-0.4, -0.2) is 33.0 Å². The average molecular weight is 235 g/mol. The summed E-state index contributed by atoms with van der Waals surface area (Å²) < 4.78 is 0. The second-order valence-electron chi connectivity index (χ2n) is 4.18. The molecule has 3 N–H and O–H groups in total. The zero-order chi connectivity index (χ0) is 12.1. The fraction of sp³-hybridized carbons (Fsp3) is 0.889. The fourth-order valence-electron chi connectivity index (χ4n) is 1.35. The van der Waals surface area contributed by atoms with E-state index in [2.05, 4.69) is 5.20 Å². The topological polar surface area (TPSA) is 79.5 Å². The van der Waals surface area contributed by atoms with Crippen molar-refractivity contribution in [3.8, 4) is 6.07 Å². The van der Waals surface area contributed by atoms with E-state index < -0.39 is 7.87 Å². The van der Waals surface area contributed by atoms with Gasteiger partial charge in [-0.15, -0.1) is 0 Å². The van der Waals surface area contributed by atoms with Crippen molar-refractivity contribution in [3.63, 3.8) is 0 Å². The molecule has 0 fully saturated rings. The molecule has 0 rings (SSSR count). The van der Waals surface area contributed by atoms with Gasteiger partial charge in [-0.3, -0.25) is 0 Å². The zero-order valence-electron chi connectivity index (χ0n) is 9.86. The molecule has 90 valence electrons. The Morgan fingerprint density at radius 2 is 1.73 bits per heavy atom. The van der Waals surface area contributed by atoms with Crippen molar-refractivity contribution in [1.29, 1.82) is 5.26 Å². The van der Waals surface area contributed by atoms with Crippen LogP contribution in [0.1, 0.15) is 34.1 Å². The van der Waals surface area contributed by atoms with Crippen molar-refractivity contribution in [2.24, 2.45) is 0 Å². The van der Waals surface area contributed by atoms with Gasteiger partial charge in [0.2, 0.25) is 0 Å². The van der Waals surface area contributed by atoms with Crippen LogP contribution in [0.2, 0.25) is 0 Å². The van der Waals surface area contributed by atoms with E-state index in [4.69, 9.17) is 5.26 Å². The van der Waals surface area contributed by atoms with Crippen molar-refractivity contribution >= 4 is 7.87 Å². The Bertz CT molecular complexity index is 218. The van der Waals surface area contributed by atoms with Gasteiger partial charge in [-0.05, 0) is 0 Å². The summed E-state index contributed by atoms with van der Waals surface area (Å²) in [5.41, 5.74) is 0. The van der Waals surface area contributed by atoms with Crippen LogP contribution < -0.4 is 5.20 Å². The molecule has 0 aromatic heterocycles. The van der Waals surface area contributed by atoms with Crippen molar-refractivity contribution in [1.82, 2.24) is 10.2 Å². The van der Waals surface area contributed by atoms with Crippen molar-refractivity contribution in [3.05, 3.63) is 0 Å². The van der Waals surface area contributed by atoms with E-state index in [0.717, 1.165) is 0 Å². The van der Waals surface area contributed by atoms with Crippen LogP contribution in [0.25, 0.3) is 0 Å². The van der Waals surface area contributed by atoms with Gasteiger partial charge in [0, 0.05) is 0 Å². The molecule has 0 unspecified atom stereocenters. The average Bonchev–Trinajstić information content (AvgIpc) is 2.10. The van der Waals surface area contributed by atoms with Crippen LogP contribution in [0.3, 0.4) is 0 Å². The molecule has 0 heterocycles. The number of hydrazine groups is 1. The van der Waals surface area contributed by atoms with Crippen LogP contribution in [0.15, 0.2) is 0 Å². The number of rotatable bonds is 6. The molecule has 0 aliphatic carbocycles. The molecule has 0 aromatic carbocycles. The van der Waals surface area contributed by atoms with Gasteiger partial charge in [0.15, 0.2) is 0 Å². The molecule has 0 atom stereocenters. The molecular weight excluding hydrogens is 213 g/mol. The maximum atomic E-state index is 9.70. The number of nitriles is 1. The van der Waals surface area contributed by atoms with Gasteiger partial charge in [0.25, 0.3) is 0 Å². The molecule has 0 aliphatic rings. The van der Waals surface area contributed by atoms with E-state index in [1.165, 1.54) is 0 Å². The summed E-state index contributed by atoms with van der Waals surface area (Å²) in [6, 6.07) is 2.27. The standard InChI is InChI=1S/C9H22N3O2P/c1-8(2)12(9(3)4)11-15(13,14)7-5-6-10/h8-9,11,13-15H,5,7H2,1-4H3. The van der Waals surface area contributed by atoms with Gasteiger partial charge in [-0.25, -0.2) is 0 Å². The summed E-state index contributed by atoms with van der Waals surface area (Å²) >= 11 is 0. The van der Waals surface area contributed by atoms with Crippen LogP contribution in [0.4, 0.5) is 0 Å². The Kier molecular flexibility index (Phi) is 6.26. The molecule has 0 spiro atoms. The Balaban J connectivity index is 4.33. The third kappa shape index (κ3) is 6.03. The number of nitrogens with zero attached hydrogens (tertiary/aromatic N) is 2. The first-order valence-corrected chi connectivity index (χ1v) is 7.28. The normalized spacial score (nSPS) is 13.6. The summed E-state index contributed by atoms with van der Waals surface area (Å²) in [5, 5.41) is 13.0. The predicted molar refractivity (Wildman–Crippen MR) is 63.1 cm³/mol. The van der Waals surface area contributed by atoms with Crippen molar-refractivity contribution in [2.75, 3.05) is 6.16 Å². The van der Waals surface area contributed by atoms with Gasteiger partial charge in [0.05, 0.1) is 0 Å². The molecule has 15 heavy (non-hydrogen) atoms. The van der Waals surface area contributed by atoms with Gasteiger partial charge in [0.1, 0.15) is 0 Å². The van der Waals surface area contributed by atoms with E-state index >= 15 is 0 Å². The zero-order valence-corrected chi connectivity index (χ0v) is 10.9.